The molecule has 0 N–H and O–H groups in total. The third-order valence-electron chi connectivity index (χ3n) is 3.15. The van der Waals surface area contributed by atoms with Gasteiger partial charge in [0.25, 0.3) is 0 Å². The highest BCUT2D eigenvalue weighted by Crippen LogP contribution is 2.19. The number of carbonyl (C=O) groups excluding carboxylic acids is 1. The molecule has 0 aliphatic heterocycles. The topological polar surface area (TPSA) is 70.2 Å². The predicted octanol–water partition coefficient (Wildman–Crippen LogP) is 2.55. The Hall–Kier alpha value is -2.11. The minimum absolute atomic E-state index is 0.0921. The molecule has 2 aromatic rings. The average Bonchev–Trinajstić information content (AvgIpc) is 3.05. The molecule has 0 radical (unpaired) electrons. The molecule has 0 saturated carbocycles. The van der Waals surface area contributed by atoms with Crippen LogP contribution in [0.5, 0.6) is 0 Å². The first kappa shape index (κ1) is 14.3. The summed E-state index contributed by atoms with van der Waals surface area (Å²) in [6, 6.07) is 3.90. The van der Waals surface area contributed by atoms with E-state index in [0.29, 0.717) is 12.4 Å². The van der Waals surface area contributed by atoms with Crippen LogP contribution >= 0.6 is 0 Å². The fraction of sp³-hybridized carbons (Fsp3) is 0.500. The molecule has 108 valence electrons. The molecule has 6 nitrogen and oxygen atoms in total. The number of hydrogen-bond donors (Lipinski definition) is 0. The van der Waals surface area contributed by atoms with Gasteiger partial charge in [-0.2, -0.15) is 0 Å². The summed E-state index contributed by atoms with van der Waals surface area (Å²) in [5.74, 6) is 1.47. The lowest BCUT2D eigenvalue weighted by atomic mass is 10.1. The third kappa shape index (κ3) is 3.07. The van der Waals surface area contributed by atoms with Gasteiger partial charge >= 0.3 is 5.97 Å². The van der Waals surface area contributed by atoms with Crippen LogP contribution in [0.3, 0.4) is 0 Å². The average molecular weight is 277 g/mol. The second kappa shape index (κ2) is 6.36. The fourth-order valence-electron chi connectivity index (χ4n) is 2.17. The van der Waals surface area contributed by atoms with E-state index in [2.05, 4.69) is 10.2 Å². The maximum atomic E-state index is 11.9. The fourth-order valence-corrected chi connectivity index (χ4v) is 2.17. The zero-order valence-electron chi connectivity index (χ0n) is 12.0. The van der Waals surface area contributed by atoms with Crippen LogP contribution in [0.25, 0.3) is 0 Å². The van der Waals surface area contributed by atoms with E-state index in [4.69, 9.17) is 9.15 Å². The van der Waals surface area contributed by atoms with Gasteiger partial charge in [-0.3, -0.25) is 0 Å². The molecule has 2 rings (SSSR count). The molecular weight excluding hydrogens is 258 g/mol. The minimum atomic E-state index is -0.432. The van der Waals surface area contributed by atoms with E-state index in [-0.39, 0.29) is 11.9 Å². The molecule has 1 atom stereocenters. The summed E-state index contributed by atoms with van der Waals surface area (Å²) in [7, 11) is 0. The number of ether oxygens (including phenoxy) is 1. The van der Waals surface area contributed by atoms with Crippen molar-refractivity contribution in [3.8, 4) is 0 Å². The molecule has 0 spiro atoms. The van der Waals surface area contributed by atoms with Gasteiger partial charge in [-0.05, 0) is 39.3 Å². The number of nitrogens with zero attached hydrogens (tertiary/aromatic N) is 3. The lowest BCUT2D eigenvalue weighted by molar-refractivity contribution is 0.0503. The number of carbonyl (C=O) groups is 1. The standard InChI is InChI=1S/C14H19N3O3/c1-4-19-14(18)13-16-15-11(3)17(13)10(2)7-8-12-6-5-9-20-12/h5-6,9-10H,4,7-8H2,1-3H3. The SMILES string of the molecule is CCOC(=O)c1nnc(C)n1C(C)CCc1ccco1. The number of rotatable bonds is 6. The molecular formula is C14H19N3O3. The maximum Gasteiger partial charge on any atom is 0.376 e. The Bertz CT molecular complexity index is 560. The van der Waals surface area contributed by atoms with Gasteiger partial charge < -0.3 is 13.7 Å². The highest BCUT2D eigenvalue weighted by Gasteiger charge is 2.21. The molecule has 1 unspecified atom stereocenters. The van der Waals surface area contributed by atoms with E-state index in [1.54, 1.807) is 13.2 Å². The Balaban J connectivity index is 2.10. The lowest BCUT2D eigenvalue weighted by Gasteiger charge is -2.15. The normalized spacial score (nSPS) is 12.3. The molecule has 20 heavy (non-hydrogen) atoms. The smallest absolute Gasteiger partial charge is 0.376 e. The first-order valence-electron chi connectivity index (χ1n) is 6.74. The summed E-state index contributed by atoms with van der Waals surface area (Å²) in [6.07, 6.45) is 3.29. The van der Waals surface area contributed by atoms with Gasteiger partial charge in [0.1, 0.15) is 11.6 Å². The van der Waals surface area contributed by atoms with Crippen LogP contribution in [-0.4, -0.2) is 27.3 Å². The Morgan fingerprint density at radius 3 is 2.95 bits per heavy atom. The Labute approximate surface area is 117 Å². The van der Waals surface area contributed by atoms with E-state index in [9.17, 15) is 4.79 Å². The van der Waals surface area contributed by atoms with Crippen molar-refractivity contribution in [3.63, 3.8) is 0 Å². The predicted molar refractivity (Wildman–Crippen MR) is 72.5 cm³/mol. The van der Waals surface area contributed by atoms with Gasteiger partial charge in [0, 0.05) is 12.5 Å². The molecule has 0 aromatic carbocycles. The van der Waals surface area contributed by atoms with Crippen LogP contribution in [-0.2, 0) is 11.2 Å². The first-order chi connectivity index (χ1) is 9.63. The van der Waals surface area contributed by atoms with Crippen LogP contribution in [0.4, 0.5) is 0 Å². The molecule has 0 saturated heterocycles. The molecule has 0 amide bonds. The van der Waals surface area contributed by atoms with Gasteiger partial charge in [-0.25, -0.2) is 4.79 Å². The van der Waals surface area contributed by atoms with Gasteiger partial charge in [0.2, 0.25) is 5.82 Å². The van der Waals surface area contributed by atoms with Crippen molar-refractivity contribution in [2.75, 3.05) is 6.61 Å². The van der Waals surface area contributed by atoms with Crippen LogP contribution in [0.1, 0.15) is 48.5 Å². The van der Waals surface area contributed by atoms with Crippen LogP contribution < -0.4 is 0 Å². The first-order valence-corrected chi connectivity index (χ1v) is 6.74. The Morgan fingerprint density at radius 2 is 2.30 bits per heavy atom. The second-order valence-electron chi connectivity index (χ2n) is 4.63. The Morgan fingerprint density at radius 1 is 1.50 bits per heavy atom. The van der Waals surface area contributed by atoms with Crippen molar-refractivity contribution < 1.29 is 13.9 Å². The zero-order valence-corrected chi connectivity index (χ0v) is 12.0. The molecule has 0 aliphatic rings. The van der Waals surface area contributed by atoms with Crippen molar-refractivity contribution in [2.45, 2.75) is 39.7 Å². The van der Waals surface area contributed by atoms with Crippen molar-refractivity contribution in [3.05, 3.63) is 35.8 Å². The highest BCUT2D eigenvalue weighted by molar-refractivity contribution is 5.85. The van der Waals surface area contributed by atoms with Crippen molar-refractivity contribution in [1.82, 2.24) is 14.8 Å². The zero-order chi connectivity index (χ0) is 14.5. The van der Waals surface area contributed by atoms with E-state index >= 15 is 0 Å². The van der Waals surface area contributed by atoms with Gasteiger partial charge in [-0.15, -0.1) is 10.2 Å². The van der Waals surface area contributed by atoms with Gasteiger partial charge in [0.05, 0.1) is 12.9 Å². The Kier molecular flexibility index (Phi) is 4.55. The summed E-state index contributed by atoms with van der Waals surface area (Å²) < 4.78 is 12.1. The second-order valence-corrected chi connectivity index (χ2v) is 4.63. The third-order valence-corrected chi connectivity index (χ3v) is 3.15. The number of hydrogen-bond acceptors (Lipinski definition) is 5. The van der Waals surface area contributed by atoms with Crippen LogP contribution in [0.15, 0.2) is 22.8 Å². The van der Waals surface area contributed by atoms with Gasteiger partial charge in [0.15, 0.2) is 0 Å². The molecule has 0 fully saturated rings. The van der Waals surface area contributed by atoms with Crippen LogP contribution in [0.2, 0.25) is 0 Å². The summed E-state index contributed by atoms with van der Waals surface area (Å²) >= 11 is 0. The minimum Gasteiger partial charge on any atom is -0.469 e. The number of aryl methyl sites for hydroxylation is 2. The maximum absolute atomic E-state index is 11.9. The molecule has 2 aromatic heterocycles. The summed E-state index contributed by atoms with van der Waals surface area (Å²) in [4.78, 5) is 11.9. The lowest BCUT2D eigenvalue weighted by Crippen LogP contribution is -2.18. The molecule has 0 aliphatic carbocycles. The van der Waals surface area contributed by atoms with Crippen molar-refractivity contribution >= 4 is 5.97 Å². The largest absolute Gasteiger partial charge is 0.469 e. The van der Waals surface area contributed by atoms with Gasteiger partial charge in [-0.1, -0.05) is 0 Å². The van der Waals surface area contributed by atoms with Crippen LogP contribution in [0, 0.1) is 6.92 Å². The monoisotopic (exact) mass is 277 g/mol. The number of furan rings is 1. The molecule has 2 heterocycles. The van der Waals surface area contributed by atoms with E-state index in [1.165, 1.54) is 0 Å². The van der Waals surface area contributed by atoms with E-state index < -0.39 is 5.97 Å². The highest BCUT2D eigenvalue weighted by atomic mass is 16.5. The summed E-state index contributed by atoms with van der Waals surface area (Å²) in [5.41, 5.74) is 0. The van der Waals surface area contributed by atoms with E-state index in [1.807, 2.05) is 30.5 Å². The number of aromatic nitrogens is 3. The summed E-state index contributed by atoms with van der Waals surface area (Å²) in [6.45, 7) is 5.96. The number of esters is 1. The summed E-state index contributed by atoms with van der Waals surface area (Å²) in [5, 5.41) is 7.89. The van der Waals surface area contributed by atoms with Crippen molar-refractivity contribution in [2.24, 2.45) is 0 Å². The molecule has 6 heteroatoms. The quantitative estimate of drug-likeness (QED) is 0.759. The van der Waals surface area contributed by atoms with E-state index in [0.717, 1.165) is 18.6 Å². The molecule has 0 bridgehead atoms. The van der Waals surface area contributed by atoms with Crippen molar-refractivity contribution in [1.29, 1.82) is 0 Å².